The van der Waals surface area contributed by atoms with Gasteiger partial charge in [-0.15, -0.1) is 0 Å². The molecular formula is C18H23BF3NO4. The normalized spacial score (nSPS) is 21.2. The average molecular weight is 385 g/mol. The Balaban J connectivity index is 1.88. The number of amides is 1. The number of halogens is 3. The Labute approximate surface area is 156 Å². The summed E-state index contributed by atoms with van der Waals surface area (Å²) in [5.41, 5.74) is -0.748. The van der Waals surface area contributed by atoms with Gasteiger partial charge in [0.25, 0.3) is 5.91 Å². The smallest absolute Gasteiger partial charge is 0.484 e. The first-order chi connectivity index (χ1) is 12.4. The third kappa shape index (κ3) is 4.58. The number of hydrogen-bond acceptors (Lipinski definition) is 4. The molecule has 1 aliphatic carbocycles. The molecule has 2 aliphatic rings. The van der Waals surface area contributed by atoms with Crippen LogP contribution in [0.4, 0.5) is 13.2 Å². The Morgan fingerprint density at radius 3 is 2.33 bits per heavy atom. The lowest BCUT2D eigenvalue weighted by molar-refractivity contribution is -0.153. The van der Waals surface area contributed by atoms with Crippen molar-refractivity contribution in [2.75, 3.05) is 6.61 Å². The van der Waals surface area contributed by atoms with E-state index >= 15 is 0 Å². The molecule has 1 N–H and O–H groups in total. The van der Waals surface area contributed by atoms with Gasteiger partial charge in [0.15, 0.2) is 6.61 Å². The zero-order valence-corrected chi connectivity index (χ0v) is 15.8. The molecule has 1 heterocycles. The van der Waals surface area contributed by atoms with Crippen LogP contribution in [0.25, 0.3) is 0 Å². The van der Waals surface area contributed by atoms with Crippen molar-refractivity contribution >= 4 is 18.5 Å². The number of benzene rings is 1. The van der Waals surface area contributed by atoms with Crippen molar-refractivity contribution in [3.8, 4) is 5.75 Å². The Hall–Kier alpha value is -1.74. The maximum absolute atomic E-state index is 12.7. The van der Waals surface area contributed by atoms with E-state index in [9.17, 15) is 18.0 Å². The fourth-order valence-electron chi connectivity index (χ4n) is 2.62. The van der Waals surface area contributed by atoms with Crippen LogP contribution in [0.5, 0.6) is 5.75 Å². The molecule has 0 radical (unpaired) electrons. The van der Waals surface area contributed by atoms with Gasteiger partial charge in [-0.25, -0.2) is 0 Å². The van der Waals surface area contributed by atoms with Crippen molar-refractivity contribution in [1.82, 2.24) is 5.32 Å². The van der Waals surface area contributed by atoms with E-state index in [0.29, 0.717) is 5.46 Å². The topological polar surface area (TPSA) is 56.8 Å². The van der Waals surface area contributed by atoms with Crippen LogP contribution in [0.2, 0.25) is 0 Å². The number of rotatable bonds is 5. The van der Waals surface area contributed by atoms with E-state index < -0.39 is 31.1 Å². The number of hydrogen-bond donors (Lipinski definition) is 1. The molecular weight excluding hydrogens is 362 g/mol. The van der Waals surface area contributed by atoms with Gasteiger partial charge in [-0.05, 0) is 52.7 Å². The highest BCUT2D eigenvalue weighted by molar-refractivity contribution is 6.63. The van der Waals surface area contributed by atoms with E-state index in [0.717, 1.165) is 12.8 Å². The molecule has 0 aromatic heterocycles. The van der Waals surface area contributed by atoms with Crippen molar-refractivity contribution < 1.29 is 32.0 Å². The number of ether oxygens (including phenoxy) is 1. The molecule has 1 amide bonds. The first-order valence-corrected chi connectivity index (χ1v) is 8.88. The van der Waals surface area contributed by atoms with Crippen LogP contribution in [0.1, 0.15) is 50.9 Å². The van der Waals surface area contributed by atoms with Crippen molar-refractivity contribution in [1.29, 1.82) is 0 Å². The summed E-state index contributed by atoms with van der Waals surface area (Å²) in [6, 6.07) is 4.51. The molecule has 1 aromatic rings. The quantitative estimate of drug-likeness (QED) is 0.793. The third-order valence-corrected chi connectivity index (χ3v) is 5.09. The zero-order chi connectivity index (χ0) is 20.0. The molecule has 0 spiro atoms. The van der Waals surface area contributed by atoms with Gasteiger partial charge in [0.1, 0.15) is 5.75 Å². The van der Waals surface area contributed by atoms with E-state index in [4.69, 9.17) is 14.0 Å². The Kier molecular flexibility index (Phi) is 4.97. The third-order valence-electron chi connectivity index (χ3n) is 5.09. The molecule has 1 aliphatic heterocycles. The van der Waals surface area contributed by atoms with Gasteiger partial charge in [-0.3, -0.25) is 4.79 Å². The molecule has 3 rings (SSSR count). The van der Waals surface area contributed by atoms with Gasteiger partial charge in [0.2, 0.25) is 0 Å². The lowest BCUT2D eigenvalue weighted by Crippen LogP contribution is -2.41. The molecule has 0 unspecified atom stereocenters. The van der Waals surface area contributed by atoms with Gasteiger partial charge in [0, 0.05) is 17.1 Å². The molecule has 27 heavy (non-hydrogen) atoms. The van der Waals surface area contributed by atoms with Crippen LogP contribution >= 0.6 is 0 Å². The largest absolute Gasteiger partial charge is 0.498 e. The summed E-state index contributed by atoms with van der Waals surface area (Å²) >= 11 is 0. The van der Waals surface area contributed by atoms with Crippen LogP contribution in [0, 0.1) is 0 Å². The van der Waals surface area contributed by atoms with Crippen LogP contribution in [-0.4, -0.2) is 43.1 Å². The zero-order valence-electron chi connectivity index (χ0n) is 15.8. The second-order valence-corrected chi connectivity index (χ2v) is 7.99. The minimum Gasteiger partial charge on any atom is -0.484 e. The summed E-state index contributed by atoms with van der Waals surface area (Å²) in [7, 11) is -0.890. The van der Waals surface area contributed by atoms with Gasteiger partial charge >= 0.3 is 13.3 Å². The molecule has 5 nitrogen and oxygen atoms in total. The monoisotopic (exact) mass is 385 g/mol. The number of nitrogens with one attached hydrogen (secondary N) is 1. The van der Waals surface area contributed by atoms with Crippen LogP contribution in [-0.2, 0) is 9.31 Å². The first-order valence-electron chi connectivity index (χ1n) is 8.88. The Morgan fingerprint density at radius 2 is 1.81 bits per heavy atom. The molecule has 148 valence electrons. The van der Waals surface area contributed by atoms with Crippen molar-refractivity contribution in [3.05, 3.63) is 23.8 Å². The highest BCUT2D eigenvalue weighted by Crippen LogP contribution is 2.37. The maximum atomic E-state index is 12.7. The number of carbonyl (C=O) groups excluding carboxylic acids is 1. The second kappa shape index (κ2) is 6.70. The average Bonchev–Trinajstić information content (AvgIpc) is 3.30. The second-order valence-electron chi connectivity index (χ2n) is 7.99. The first kappa shape index (κ1) is 20.0. The summed E-state index contributed by atoms with van der Waals surface area (Å²) in [6.45, 7) is 5.93. The molecule has 1 aromatic carbocycles. The molecule has 1 saturated carbocycles. The van der Waals surface area contributed by atoms with E-state index in [1.54, 1.807) is 6.07 Å². The maximum Gasteiger partial charge on any atom is 0.498 e. The number of alkyl halides is 3. The summed E-state index contributed by atoms with van der Waals surface area (Å²) in [5, 5.41) is 2.81. The van der Waals surface area contributed by atoms with Crippen LogP contribution in [0.3, 0.4) is 0 Å². The lowest BCUT2D eigenvalue weighted by atomic mass is 9.78. The number of carbonyl (C=O) groups is 1. The minimum absolute atomic E-state index is 0.0747. The Morgan fingerprint density at radius 1 is 1.22 bits per heavy atom. The van der Waals surface area contributed by atoms with E-state index in [-0.39, 0.29) is 23.3 Å². The summed E-state index contributed by atoms with van der Waals surface area (Å²) in [6.07, 6.45) is -2.68. The fraction of sp³-hybridized carbons (Fsp3) is 0.611. The molecule has 0 atom stereocenters. The molecule has 1 saturated heterocycles. The molecule has 2 fully saturated rings. The van der Waals surface area contributed by atoms with E-state index in [2.05, 4.69) is 5.32 Å². The van der Waals surface area contributed by atoms with Crippen LogP contribution < -0.4 is 15.5 Å². The van der Waals surface area contributed by atoms with Crippen molar-refractivity contribution in [2.45, 2.75) is 64.0 Å². The lowest BCUT2D eigenvalue weighted by Gasteiger charge is -2.32. The minimum atomic E-state index is -4.50. The van der Waals surface area contributed by atoms with Gasteiger partial charge in [-0.1, -0.05) is 6.07 Å². The van der Waals surface area contributed by atoms with Gasteiger partial charge in [-0.2, -0.15) is 13.2 Å². The summed E-state index contributed by atoms with van der Waals surface area (Å²) in [4.78, 5) is 12.2. The molecule has 0 bridgehead atoms. The highest BCUT2D eigenvalue weighted by Gasteiger charge is 2.52. The van der Waals surface area contributed by atoms with Gasteiger partial charge < -0.3 is 19.4 Å². The predicted molar refractivity (Wildman–Crippen MR) is 94.2 cm³/mol. The van der Waals surface area contributed by atoms with Crippen molar-refractivity contribution in [3.63, 3.8) is 0 Å². The van der Waals surface area contributed by atoms with Crippen molar-refractivity contribution in [2.24, 2.45) is 0 Å². The van der Waals surface area contributed by atoms with E-state index in [1.807, 2.05) is 27.7 Å². The molecule has 9 heteroatoms. The summed E-state index contributed by atoms with van der Waals surface area (Å²) in [5.74, 6) is -0.413. The van der Waals surface area contributed by atoms with Crippen LogP contribution in [0.15, 0.2) is 18.2 Å². The standard InChI is InChI=1S/C18H23BF3NO4/c1-16(2)17(3,4)27-19(26-16)13-8-5-11(15(24)23-12-6-7-12)9-14(13)25-10-18(20,21)22/h5,8-9,12H,6-7,10H2,1-4H3,(H,23,24). The SMILES string of the molecule is CC1(C)OB(c2ccc(C(=O)NC3CC3)cc2OCC(F)(F)F)OC1(C)C. The fourth-order valence-corrected chi connectivity index (χ4v) is 2.62. The van der Waals surface area contributed by atoms with E-state index in [1.165, 1.54) is 12.1 Å². The Bertz CT molecular complexity index is 716. The predicted octanol–water partition coefficient (Wildman–Crippen LogP) is 2.82. The van der Waals surface area contributed by atoms with Gasteiger partial charge in [0.05, 0.1) is 11.2 Å². The summed E-state index contributed by atoms with van der Waals surface area (Å²) < 4.78 is 54.8. The highest BCUT2D eigenvalue weighted by atomic mass is 19.4.